The largest absolute Gasteiger partial charge is 0.313 e. The third kappa shape index (κ3) is 2.45. The molecule has 2 heterocycles. The molecule has 0 aliphatic heterocycles. The van der Waals surface area contributed by atoms with E-state index in [0.717, 1.165) is 16.5 Å². The summed E-state index contributed by atoms with van der Waals surface area (Å²) in [6.07, 6.45) is 1.75. The molecule has 6 heteroatoms. The van der Waals surface area contributed by atoms with Gasteiger partial charge in [-0.1, -0.05) is 0 Å². The Balaban J connectivity index is 2.08. The van der Waals surface area contributed by atoms with Crippen LogP contribution in [0.25, 0.3) is 0 Å². The van der Waals surface area contributed by atoms with E-state index in [1.165, 1.54) is 4.88 Å². The fourth-order valence-electron chi connectivity index (χ4n) is 1.39. The third-order valence-corrected chi connectivity index (χ3v) is 3.35. The molecule has 0 aromatic carbocycles. The molecule has 0 radical (unpaired) electrons. The van der Waals surface area contributed by atoms with Crippen molar-refractivity contribution >= 4 is 11.3 Å². The third-order valence-electron chi connectivity index (χ3n) is 2.29. The molecule has 0 fully saturated rings. The minimum Gasteiger partial charge on any atom is -0.313 e. The van der Waals surface area contributed by atoms with Crippen molar-refractivity contribution in [3.8, 4) is 0 Å². The highest BCUT2D eigenvalue weighted by atomic mass is 32.1. The average molecular weight is 237 g/mol. The highest BCUT2D eigenvalue weighted by Crippen LogP contribution is 2.16. The van der Waals surface area contributed by atoms with Gasteiger partial charge in [0.2, 0.25) is 0 Å². The van der Waals surface area contributed by atoms with Gasteiger partial charge in [-0.05, 0) is 20.9 Å². The van der Waals surface area contributed by atoms with E-state index in [4.69, 9.17) is 0 Å². The van der Waals surface area contributed by atoms with Crippen LogP contribution < -0.4 is 5.32 Å². The number of aryl methyl sites for hydroxylation is 2. The molecule has 2 aromatic rings. The van der Waals surface area contributed by atoms with Gasteiger partial charge in [-0.3, -0.25) is 0 Å². The molecule has 0 unspecified atom stereocenters. The van der Waals surface area contributed by atoms with Crippen LogP contribution in [0, 0.1) is 13.8 Å². The number of thiazole rings is 1. The van der Waals surface area contributed by atoms with Crippen LogP contribution in [0.4, 0.5) is 0 Å². The average Bonchev–Trinajstić information content (AvgIpc) is 2.77. The zero-order valence-electron chi connectivity index (χ0n) is 9.69. The van der Waals surface area contributed by atoms with Crippen molar-refractivity contribution in [1.29, 1.82) is 0 Å². The smallest absolute Gasteiger partial charge is 0.164 e. The summed E-state index contributed by atoms with van der Waals surface area (Å²) < 4.78 is 1.82. The number of rotatable bonds is 4. The van der Waals surface area contributed by atoms with E-state index < -0.39 is 0 Å². The Bertz CT molecular complexity index is 454. The second kappa shape index (κ2) is 4.71. The lowest BCUT2D eigenvalue weighted by molar-refractivity contribution is 0.655. The Morgan fingerprint density at radius 1 is 1.44 bits per heavy atom. The van der Waals surface area contributed by atoms with Crippen LogP contribution in [0.15, 0.2) is 6.33 Å². The summed E-state index contributed by atoms with van der Waals surface area (Å²) in [4.78, 5) is 9.94. The highest BCUT2D eigenvalue weighted by Gasteiger charge is 2.06. The van der Waals surface area contributed by atoms with Gasteiger partial charge >= 0.3 is 0 Å². The monoisotopic (exact) mass is 237 g/mol. The summed E-state index contributed by atoms with van der Waals surface area (Å²) in [6.45, 7) is 5.52. The van der Waals surface area contributed by atoms with Gasteiger partial charge in [-0.2, -0.15) is 5.10 Å². The van der Waals surface area contributed by atoms with Gasteiger partial charge < -0.3 is 5.32 Å². The molecule has 16 heavy (non-hydrogen) atoms. The topological polar surface area (TPSA) is 55.6 Å². The zero-order valence-corrected chi connectivity index (χ0v) is 10.5. The van der Waals surface area contributed by atoms with Gasteiger partial charge in [0.05, 0.1) is 18.8 Å². The molecule has 0 atom stereocenters. The predicted molar refractivity (Wildman–Crippen MR) is 63.5 cm³/mol. The van der Waals surface area contributed by atoms with Gasteiger partial charge in [0.25, 0.3) is 0 Å². The van der Waals surface area contributed by atoms with Crippen LogP contribution >= 0.6 is 11.3 Å². The van der Waals surface area contributed by atoms with Gasteiger partial charge in [-0.15, -0.1) is 11.3 Å². The standard InChI is InChI=1S/C10H15N5S/c1-7-8(2)16-10(13-7)5-15-6-12-9(14-15)4-11-3/h6,11H,4-5H2,1-3H3. The number of hydrogen-bond acceptors (Lipinski definition) is 5. The molecule has 0 amide bonds. The van der Waals surface area contributed by atoms with Gasteiger partial charge in [0.15, 0.2) is 5.82 Å². The molecule has 0 spiro atoms. The SMILES string of the molecule is CNCc1ncn(Cc2nc(C)c(C)s2)n1. The Morgan fingerprint density at radius 3 is 2.88 bits per heavy atom. The minimum absolute atomic E-state index is 0.697. The Morgan fingerprint density at radius 2 is 2.25 bits per heavy atom. The quantitative estimate of drug-likeness (QED) is 0.865. The fraction of sp³-hybridized carbons (Fsp3) is 0.500. The van der Waals surface area contributed by atoms with Crippen LogP contribution in [0.1, 0.15) is 21.4 Å². The van der Waals surface area contributed by atoms with Crippen LogP contribution in [0.5, 0.6) is 0 Å². The molecule has 5 nitrogen and oxygen atoms in total. The summed E-state index contributed by atoms with van der Waals surface area (Å²) >= 11 is 1.72. The molecule has 0 aliphatic carbocycles. The molecular formula is C10H15N5S. The first-order valence-electron chi connectivity index (χ1n) is 5.15. The Kier molecular flexibility index (Phi) is 3.31. The number of nitrogens with zero attached hydrogens (tertiary/aromatic N) is 4. The molecule has 2 aromatic heterocycles. The van der Waals surface area contributed by atoms with E-state index in [9.17, 15) is 0 Å². The first kappa shape index (κ1) is 11.2. The van der Waals surface area contributed by atoms with Crippen LogP contribution in [-0.4, -0.2) is 26.8 Å². The van der Waals surface area contributed by atoms with E-state index in [-0.39, 0.29) is 0 Å². The zero-order chi connectivity index (χ0) is 11.5. The molecule has 2 rings (SSSR count). The van der Waals surface area contributed by atoms with Crippen molar-refractivity contribution in [2.45, 2.75) is 26.9 Å². The molecule has 0 saturated heterocycles. The molecule has 1 N–H and O–H groups in total. The normalized spacial score (nSPS) is 10.9. The summed E-state index contributed by atoms with van der Waals surface area (Å²) in [5.74, 6) is 0.812. The van der Waals surface area contributed by atoms with E-state index in [2.05, 4.69) is 27.3 Å². The van der Waals surface area contributed by atoms with E-state index >= 15 is 0 Å². The van der Waals surface area contributed by atoms with Crippen LogP contribution in [0.3, 0.4) is 0 Å². The summed E-state index contributed by atoms with van der Waals surface area (Å²) in [6, 6.07) is 0. The van der Waals surface area contributed by atoms with Crippen molar-refractivity contribution < 1.29 is 0 Å². The molecule has 0 bridgehead atoms. The lowest BCUT2D eigenvalue weighted by Crippen LogP contribution is -2.08. The fourth-order valence-corrected chi connectivity index (χ4v) is 2.32. The summed E-state index contributed by atoms with van der Waals surface area (Å²) in [5.41, 5.74) is 1.11. The van der Waals surface area contributed by atoms with Crippen molar-refractivity contribution in [1.82, 2.24) is 25.1 Å². The number of hydrogen-bond donors (Lipinski definition) is 1. The molecular weight excluding hydrogens is 222 g/mol. The van der Waals surface area contributed by atoms with E-state index in [0.29, 0.717) is 13.1 Å². The minimum atomic E-state index is 0.697. The first-order valence-corrected chi connectivity index (χ1v) is 5.96. The van der Waals surface area contributed by atoms with Crippen molar-refractivity contribution in [2.24, 2.45) is 0 Å². The molecule has 0 saturated carbocycles. The first-order chi connectivity index (χ1) is 7.69. The second-order valence-electron chi connectivity index (χ2n) is 3.64. The van der Waals surface area contributed by atoms with Gasteiger partial charge in [0.1, 0.15) is 11.3 Å². The summed E-state index contributed by atoms with van der Waals surface area (Å²) in [7, 11) is 1.88. The van der Waals surface area contributed by atoms with Crippen molar-refractivity contribution in [2.75, 3.05) is 7.05 Å². The Hall–Kier alpha value is -1.27. The molecule has 0 aliphatic rings. The van der Waals surface area contributed by atoms with Gasteiger partial charge in [0, 0.05) is 4.88 Å². The maximum atomic E-state index is 4.48. The highest BCUT2D eigenvalue weighted by molar-refractivity contribution is 7.11. The maximum absolute atomic E-state index is 4.48. The lowest BCUT2D eigenvalue weighted by atomic mass is 10.4. The number of nitrogens with one attached hydrogen (secondary N) is 1. The van der Waals surface area contributed by atoms with E-state index in [1.54, 1.807) is 17.7 Å². The predicted octanol–water partition coefficient (Wildman–Crippen LogP) is 1.12. The lowest BCUT2D eigenvalue weighted by Gasteiger charge is -1.95. The van der Waals surface area contributed by atoms with Crippen LogP contribution in [0.2, 0.25) is 0 Å². The molecule has 86 valence electrons. The number of aromatic nitrogens is 4. The van der Waals surface area contributed by atoms with Crippen molar-refractivity contribution in [3.63, 3.8) is 0 Å². The Labute approximate surface area is 98.5 Å². The van der Waals surface area contributed by atoms with E-state index in [1.807, 2.05) is 18.7 Å². The van der Waals surface area contributed by atoms with Crippen LogP contribution in [-0.2, 0) is 13.1 Å². The summed E-state index contributed by atoms with van der Waals surface area (Å²) in [5, 5.41) is 8.45. The van der Waals surface area contributed by atoms with Crippen molar-refractivity contribution in [3.05, 3.63) is 27.7 Å². The van der Waals surface area contributed by atoms with Gasteiger partial charge in [-0.25, -0.2) is 14.6 Å². The maximum Gasteiger partial charge on any atom is 0.164 e. The second-order valence-corrected chi connectivity index (χ2v) is 4.93.